The highest BCUT2D eigenvalue weighted by Crippen LogP contribution is 2.65. The van der Waals surface area contributed by atoms with Crippen LogP contribution in [0, 0.1) is 28.6 Å². The van der Waals surface area contributed by atoms with E-state index in [0.29, 0.717) is 19.1 Å². The van der Waals surface area contributed by atoms with Crippen molar-refractivity contribution in [3.63, 3.8) is 0 Å². The molecule has 0 radical (unpaired) electrons. The molecule has 2 fully saturated rings. The van der Waals surface area contributed by atoms with Crippen molar-refractivity contribution in [2.75, 3.05) is 19.8 Å². The topological polar surface area (TPSA) is 55.8 Å². The Morgan fingerprint density at radius 1 is 1.19 bits per heavy atom. The van der Waals surface area contributed by atoms with Crippen molar-refractivity contribution in [2.24, 2.45) is 28.6 Å². The Morgan fingerprint density at radius 2 is 1.89 bits per heavy atom. The van der Waals surface area contributed by atoms with Crippen molar-refractivity contribution in [3.8, 4) is 0 Å². The second-order valence-electron chi connectivity index (χ2n) is 9.74. The average molecular weight is 375 g/mol. The van der Waals surface area contributed by atoms with E-state index in [-0.39, 0.29) is 35.1 Å². The van der Waals surface area contributed by atoms with Crippen LogP contribution >= 0.6 is 0 Å². The lowest BCUT2D eigenvalue weighted by Crippen LogP contribution is -2.59. The fraction of sp³-hybridized carbons (Fsp3) is 0.783. The van der Waals surface area contributed by atoms with E-state index in [0.717, 1.165) is 32.1 Å². The number of carbonyl (C=O) groups is 1. The van der Waals surface area contributed by atoms with Gasteiger partial charge in [-0.2, -0.15) is 0 Å². The standard InChI is InChI=1S/C23H34O4/c1-15-7-8-17-20(16(15)6-5-11-24)18(25)14-19-21(2,3)23(26-12-13-27-23)10-9-22(17,19)4/h7,14,16-17,20,24H,5-6,8-13H2,1-4H3. The van der Waals surface area contributed by atoms with E-state index in [1.165, 1.54) is 11.1 Å². The first-order valence-corrected chi connectivity index (χ1v) is 10.6. The molecule has 1 saturated carbocycles. The molecule has 4 atom stereocenters. The molecule has 150 valence electrons. The van der Waals surface area contributed by atoms with Crippen molar-refractivity contribution < 1.29 is 19.4 Å². The average Bonchev–Trinajstić information content (AvgIpc) is 3.11. The summed E-state index contributed by atoms with van der Waals surface area (Å²) < 4.78 is 12.3. The van der Waals surface area contributed by atoms with Gasteiger partial charge in [0.2, 0.25) is 0 Å². The third-order valence-corrected chi connectivity index (χ3v) is 8.22. The van der Waals surface area contributed by atoms with Crippen LogP contribution < -0.4 is 0 Å². The van der Waals surface area contributed by atoms with Crippen molar-refractivity contribution in [1.29, 1.82) is 0 Å². The number of aliphatic hydroxyl groups is 1. The zero-order valence-electron chi connectivity index (χ0n) is 17.2. The maximum atomic E-state index is 13.4. The molecule has 1 heterocycles. The predicted octanol–water partition coefficient (Wildman–Crippen LogP) is 4.04. The van der Waals surface area contributed by atoms with Crippen LogP contribution in [0.5, 0.6) is 0 Å². The maximum Gasteiger partial charge on any atom is 0.177 e. The molecule has 0 aromatic rings. The second kappa shape index (κ2) is 6.53. The fourth-order valence-electron chi connectivity index (χ4n) is 6.67. The van der Waals surface area contributed by atoms with Gasteiger partial charge in [-0.1, -0.05) is 32.4 Å². The smallest absolute Gasteiger partial charge is 0.177 e. The summed E-state index contributed by atoms with van der Waals surface area (Å²) in [6, 6.07) is 0. The lowest BCUT2D eigenvalue weighted by atomic mass is 9.46. The van der Waals surface area contributed by atoms with Crippen LogP contribution in [0.3, 0.4) is 0 Å². The van der Waals surface area contributed by atoms with Gasteiger partial charge in [-0.15, -0.1) is 0 Å². The molecule has 4 nitrogen and oxygen atoms in total. The molecule has 1 saturated heterocycles. The Hall–Kier alpha value is -0.970. The number of fused-ring (bicyclic) bond motifs is 3. The third kappa shape index (κ3) is 2.63. The van der Waals surface area contributed by atoms with E-state index in [2.05, 4.69) is 33.8 Å². The van der Waals surface area contributed by atoms with Gasteiger partial charge in [0.1, 0.15) is 0 Å². The number of hydrogen-bond donors (Lipinski definition) is 1. The fourth-order valence-corrected chi connectivity index (χ4v) is 6.67. The number of aliphatic hydroxyl groups excluding tert-OH is 1. The lowest BCUT2D eigenvalue weighted by Gasteiger charge is -2.60. The molecule has 4 aliphatic rings. The quantitative estimate of drug-likeness (QED) is 0.758. The Kier molecular flexibility index (Phi) is 4.68. The van der Waals surface area contributed by atoms with Crippen molar-refractivity contribution in [3.05, 3.63) is 23.3 Å². The third-order valence-electron chi connectivity index (χ3n) is 8.22. The van der Waals surface area contributed by atoms with Crippen LogP contribution in [0.4, 0.5) is 0 Å². The number of hydrogen-bond acceptors (Lipinski definition) is 4. The number of allylic oxidation sites excluding steroid dienone is 3. The van der Waals surface area contributed by atoms with E-state index in [1.807, 2.05) is 6.08 Å². The van der Waals surface area contributed by atoms with Gasteiger partial charge in [0.05, 0.1) is 13.2 Å². The van der Waals surface area contributed by atoms with E-state index in [9.17, 15) is 9.90 Å². The van der Waals surface area contributed by atoms with E-state index in [4.69, 9.17) is 9.47 Å². The van der Waals surface area contributed by atoms with E-state index in [1.54, 1.807) is 0 Å². The molecule has 27 heavy (non-hydrogen) atoms. The van der Waals surface area contributed by atoms with Gasteiger partial charge in [0.15, 0.2) is 11.6 Å². The summed E-state index contributed by atoms with van der Waals surface area (Å²) in [7, 11) is 0. The Morgan fingerprint density at radius 3 is 2.56 bits per heavy atom. The highest BCUT2D eigenvalue weighted by Gasteiger charge is 2.64. The lowest BCUT2D eigenvalue weighted by molar-refractivity contribution is -0.243. The summed E-state index contributed by atoms with van der Waals surface area (Å²) in [6.07, 6.45) is 8.81. The molecule has 4 heteroatoms. The first kappa shape index (κ1) is 19.4. The summed E-state index contributed by atoms with van der Waals surface area (Å²) in [4.78, 5) is 13.4. The minimum absolute atomic E-state index is 0.00268. The van der Waals surface area contributed by atoms with Gasteiger partial charge in [0, 0.05) is 24.4 Å². The van der Waals surface area contributed by atoms with Crippen LogP contribution in [0.2, 0.25) is 0 Å². The summed E-state index contributed by atoms with van der Waals surface area (Å²) in [5, 5.41) is 9.33. The summed E-state index contributed by atoms with van der Waals surface area (Å²) in [6.45, 7) is 10.4. The number of rotatable bonds is 3. The SMILES string of the molecule is CC1=CCC2C(C(=O)C=C3C2(C)CCC2(OCCO2)C3(C)C)C1CCCO. The number of ketones is 1. The molecule has 0 aromatic carbocycles. The molecular weight excluding hydrogens is 340 g/mol. The van der Waals surface area contributed by atoms with Gasteiger partial charge < -0.3 is 14.6 Å². The Labute approximate surface area is 163 Å². The summed E-state index contributed by atoms with van der Waals surface area (Å²) in [5.41, 5.74) is 2.24. The predicted molar refractivity (Wildman–Crippen MR) is 104 cm³/mol. The summed E-state index contributed by atoms with van der Waals surface area (Å²) in [5.74, 6) is 0.324. The molecule has 4 rings (SSSR count). The Balaban J connectivity index is 1.75. The van der Waals surface area contributed by atoms with Crippen molar-refractivity contribution in [1.82, 2.24) is 0 Å². The first-order chi connectivity index (χ1) is 12.8. The molecule has 4 unspecified atom stereocenters. The van der Waals surface area contributed by atoms with Crippen molar-refractivity contribution in [2.45, 2.75) is 65.6 Å². The minimum atomic E-state index is -0.581. The minimum Gasteiger partial charge on any atom is -0.396 e. The van der Waals surface area contributed by atoms with Crippen LogP contribution in [-0.2, 0) is 14.3 Å². The van der Waals surface area contributed by atoms with Gasteiger partial charge in [-0.25, -0.2) is 0 Å². The zero-order valence-corrected chi connectivity index (χ0v) is 17.2. The molecule has 1 N–H and O–H groups in total. The molecule has 1 aliphatic heterocycles. The Bertz CT molecular complexity index is 682. The first-order valence-electron chi connectivity index (χ1n) is 10.6. The zero-order chi connectivity index (χ0) is 19.4. The van der Waals surface area contributed by atoms with Crippen LogP contribution in [-0.4, -0.2) is 36.5 Å². The number of ether oxygens (including phenoxy) is 2. The summed E-state index contributed by atoms with van der Waals surface area (Å²) >= 11 is 0. The van der Waals surface area contributed by atoms with Gasteiger partial charge in [-0.05, 0) is 61.5 Å². The van der Waals surface area contributed by atoms with E-state index >= 15 is 0 Å². The van der Waals surface area contributed by atoms with Crippen LogP contribution in [0.15, 0.2) is 23.3 Å². The largest absolute Gasteiger partial charge is 0.396 e. The molecular formula is C23H34O4. The molecule has 1 spiro atoms. The highest BCUT2D eigenvalue weighted by atomic mass is 16.7. The maximum absolute atomic E-state index is 13.4. The second-order valence-corrected chi connectivity index (χ2v) is 9.74. The highest BCUT2D eigenvalue weighted by molar-refractivity contribution is 5.95. The van der Waals surface area contributed by atoms with Crippen LogP contribution in [0.1, 0.15) is 59.8 Å². The monoisotopic (exact) mass is 374 g/mol. The van der Waals surface area contributed by atoms with Crippen molar-refractivity contribution >= 4 is 5.78 Å². The van der Waals surface area contributed by atoms with Gasteiger partial charge >= 0.3 is 0 Å². The van der Waals surface area contributed by atoms with Gasteiger partial charge in [0.25, 0.3) is 0 Å². The number of carbonyl (C=O) groups excluding carboxylic acids is 1. The molecule has 0 aromatic heterocycles. The molecule has 0 bridgehead atoms. The van der Waals surface area contributed by atoms with E-state index < -0.39 is 5.79 Å². The van der Waals surface area contributed by atoms with Crippen LogP contribution in [0.25, 0.3) is 0 Å². The molecule has 0 amide bonds. The van der Waals surface area contributed by atoms with Gasteiger partial charge in [-0.3, -0.25) is 4.79 Å². The molecule has 3 aliphatic carbocycles. The normalized spacial score (nSPS) is 39.6.